The van der Waals surface area contributed by atoms with Crippen LogP contribution in [0.25, 0.3) is 0 Å². The summed E-state index contributed by atoms with van der Waals surface area (Å²) in [4.78, 5) is 36.8. The molecule has 0 aromatic heterocycles. The molecule has 0 radical (unpaired) electrons. The Morgan fingerprint density at radius 3 is 2.46 bits per heavy atom. The Morgan fingerprint density at radius 2 is 1.77 bits per heavy atom. The summed E-state index contributed by atoms with van der Waals surface area (Å²) in [6, 6.07) is 10.7. The van der Waals surface area contributed by atoms with E-state index in [1.165, 1.54) is 43.4 Å². The maximum Gasteiger partial charge on any atom is 0.254 e. The van der Waals surface area contributed by atoms with Crippen LogP contribution in [-0.4, -0.2) is 42.8 Å². The Hall–Kier alpha value is -3.29. The highest BCUT2D eigenvalue weighted by Gasteiger charge is 2.16. The van der Waals surface area contributed by atoms with E-state index >= 15 is 0 Å². The van der Waals surface area contributed by atoms with Crippen molar-refractivity contribution in [1.29, 1.82) is 0 Å². The second-order valence-electron chi connectivity index (χ2n) is 5.47. The molecule has 0 saturated carbocycles. The van der Waals surface area contributed by atoms with Crippen molar-refractivity contribution in [1.82, 2.24) is 10.2 Å². The minimum Gasteiger partial charge on any atom is -0.343 e. The molecule has 0 heterocycles. The number of amides is 3. The fourth-order valence-electron chi connectivity index (χ4n) is 2.10. The monoisotopic (exact) mass is 361 g/mol. The number of benzene rings is 2. The molecule has 0 aliphatic carbocycles. The number of carbonyl (C=O) groups is 3. The van der Waals surface area contributed by atoms with Crippen LogP contribution in [0.5, 0.6) is 0 Å². The van der Waals surface area contributed by atoms with Crippen LogP contribution in [0.2, 0.25) is 0 Å². The Balaban J connectivity index is 1.82. The predicted octanol–water partition coefficient (Wildman–Crippen LogP) is 1.79. The van der Waals surface area contributed by atoms with Gasteiger partial charge < -0.3 is 15.5 Å². The van der Waals surface area contributed by atoms with Crippen molar-refractivity contribution in [2.24, 2.45) is 0 Å². The lowest BCUT2D eigenvalue weighted by molar-refractivity contribution is -0.132. The molecule has 2 N–H and O–H groups in total. The number of anilines is 1. The Kier molecular flexibility index (Phi) is 6.37. The van der Waals surface area contributed by atoms with Crippen LogP contribution in [0.4, 0.5) is 14.5 Å². The van der Waals surface area contributed by atoms with Crippen LogP contribution in [0.1, 0.15) is 10.4 Å². The molecule has 0 aliphatic rings. The average molecular weight is 361 g/mol. The van der Waals surface area contributed by atoms with E-state index in [9.17, 15) is 23.2 Å². The Labute approximate surface area is 148 Å². The molecule has 0 saturated heterocycles. The first-order valence-corrected chi connectivity index (χ1v) is 7.69. The molecule has 6 nitrogen and oxygen atoms in total. The van der Waals surface area contributed by atoms with Gasteiger partial charge in [0.05, 0.1) is 18.7 Å². The SMILES string of the molecule is CN(CC(=O)Nc1cccc(F)c1)C(=O)CNC(=O)c1ccccc1F. The van der Waals surface area contributed by atoms with Gasteiger partial charge in [0.1, 0.15) is 11.6 Å². The fraction of sp³-hybridized carbons (Fsp3) is 0.167. The van der Waals surface area contributed by atoms with E-state index in [0.29, 0.717) is 0 Å². The van der Waals surface area contributed by atoms with Crippen LogP contribution in [0.15, 0.2) is 48.5 Å². The zero-order valence-electron chi connectivity index (χ0n) is 14.0. The molecule has 26 heavy (non-hydrogen) atoms. The zero-order valence-corrected chi connectivity index (χ0v) is 14.0. The molecule has 3 amide bonds. The van der Waals surface area contributed by atoms with E-state index in [-0.39, 0.29) is 17.8 Å². The number of nitrogens with zero attached hydrogens (tertiary/aromatic N) is 1. The van der Waals surface area contributed by atoms with Crippen LogP contribution >= 0.6 is 0 Å². The molecule has 0 bridgehead atoms. The fourth-order valence-corrected chi connectivity index (χ4v) is 2.10. The predicted molar refractivity (Wildman–Crippen MR) is 91.4 cm³/mol. The molecular formula is C18H17F2N3O3. The van der Waals surface area contributed by atoms with Gasteiger partial charge in [0.2, 0.25) is 11.8 Å². The third-order valence-electron chi connectivity index (χ3n) is 3.43. The van der Waals surface area contributed by atoms with Crippen molar-refractivity contribution in [3.8, 4) is 0 Å². The van der Waals surface area contributed by atoms with Crippen molar-refractivity contribution in [3.05, 3.63) is 65.7 Å². The molecule has 0 atom stereocenters. The largest absolute Gasteiger partial charge is 0.343 e. The molecule has 2 aromatic carbocycles. The van der Waals surface area contributed by atoms with Gasteiger partial charge in [-0.1, -0.05) is 18.2 Å². The molecule has 0 fully saturated rings. The van der Waals surface area contributed by atoms with Crippen molar-refractivity contribution in [2.75, 3.05) is 25.5 Å². The lowest BCUT2D eigenvalue weighted by atomic mass is 10.2. The first-order chi connectivity index (χ1) is 12.4. The molecule has 136 valence electrons. The van der Waals surface area contributed by atoms with Crippen molar-refractivity contribution >= 4 is 23.4 Å². The second-order valence-corrected chi connectivity index (χ2v) is 5.47. The third kappa shape index (κ3) is 5.37. The standard InChI is InChI=1S/C18H17F2N3O3/c1-23(11-16(24)22-13-6-4-5-12(19)9-13)17(25)10-21-18(26)14-7-2-3-8-15(14)20/h2-9H,10-11H2,1H3,(H,21,26)(H,22,24). The smallest absolute Gasteiger partial charge is 0.254 e. The topological polar surface area (TPSA) is 78.5 Å². The summed E-state index contributed by atoms with van der Waals surface area (Å²) < 4.78 is 26.6. The average Bonchev–Trinajstić information content (AvgIpc) is 2.59. The van der Waals surface area contributed by atoms with E-state index in [2.05, 4.69) is 10.6 Å². The highest BCUT2D eigenvalue weighted by Crippen LogP contribution is 2.09. The highest BCUT2D eigenvalue weighted by atomic mass is 19.1. The van der Waals surface area contributed by atoms with Gasteiger partial charge in [-0.15, -0.1) is 0 Å². The van der Waals surface area contributed by atoms with Crippen molar-refractivity contribution in [3.63, 3.8) is 0 Å². The number of carbonyl (C=O) groups excluding carboxylic acids is 3. The second kappa shape index (κ2) is 8.70. The maximum atomic E-state index is 13.5. The van der Waals surface area contributed by atoms with Crippen molar-refractivity contribution < 1.29 is 23.2 Å². The first-order valence-electron chi connectivity index (χ1n) is 7.69. The molecular weight excluding hydrogens is 344 g/mol. The van der Waals surface area contributed by atoms with Crippen LogP contribution in [0.3, 0.4) is 0 Å². The highest BCUT2D eigenvalue weighted by molar-refractivity contribution is 5.98. The normalized spacial score (nSPS) is 10.1. The summed E-state index contributed by atoms with van der Waals surface area (Å²) in [5.41, 5.74) is 0.0931. The third-order valence-corrected chi connectivity index (χ3v) is 3.43. The van der Waals surface area contributed by atoms with Gasteiger partial charge in [0.25, 0.3) is 5.91 Å². The van der Waals surface area contributed by atoms with Gasteiger partial charge in [-0.3, -0.25) is 14.4 Å². The summed E-state index contributed by atoms with van der Waals surface area (Å²) in [6.45, 7) is -0.679. The number of likely N-dealkylation sites (N-methyl/N-ethyl adjacent to an activating group) is 1. The summed E-state index contributed by atoms with van der Waals surface area (Å²) in [7, 11) is 1.38. The van der Waals surface area contributed by atoms with Crippen LogP contribution < -0.4 is 10.6 Å². The van der Waals surface area contributed by atoms with Gasteiger partial charge in [-0.05, 0) is 30.3 Å². The Bertz CT molecular complexity index is 827. The van der Waals surface area contributed by atoms with Crippen LogP contribution in [0, 0.1) is 11.6 Å². The number of hydrogen-bond acceptors (Lipinski definition) is 3. The van der Waals surface area contributed by atoms with Gasteiger partial charge in [-0.25, -0.2) is 8.78 Å². The van der Waals surface area contributed by atoms with Crippen LogP contribution in [-0.2, 0) is 9.59 Å². The summed E-state index contributed by atoms with van der Waals surface area (Å²) >= 11 is 0. The summed E-state index contributed by atoms with van der Waals surface area (Å²) in [5, 5.41) is 4.76. The zero-order chi connectivity index (χ0) is 19.1. The number of hydrogen-bond donors (Lipinski definition) is 2. The van der Waals surface area contributed by atoms with Gasteiger partial charge in [-0.2, -0.15) is 0 Å². The van der Waals surface area contributed by atoms with Gasteiger partial charge >= 0.3 is 0 Å². The molecule has 0 unspecified atom stereocenters. The molecule has 0 aliphatic heterocycles. The lowest BCUT2D eigenvalue weighted by Gasteiger charge is -2.17. The molecule has 2 aromatic rings. The van der Waals surface area contributed by atoms with E-state index in [1.807, 2.05) is 0 Å². The summed E-state index contributed by atoms with van der Waals surface area (Å²) in [5.74, 6) is -2.98. The first kappa shape index (κ1) is 19.0. The van der Waals surface area contributed by atoms with E-state index in [4.69, 9.17) is 0 Å². The van der Waals surface area contributed by atoms with Gasteiger partial charge in [0, 0.05) is 12.7 Å². The number of nitrogens with one attached hydrogen (secondary N) is 2. The van der Waals surface area contributed by atoms with E-state index in [1.54, 1.807) is 0 Å². The van der Waals surface area contributed by atoms with Crippen molar-refractivity contribution in [2.45, 2.75) is 0 Å². The maximum absolute atomic E-state index is 13.5. The lowest BCUT2D eigenvalue weighted by Crippen LogP contribution is -2.41. The van der Waals surface area contributed by atoms with Gasteiger partial charge in [0.15, 0.2) is 0 Å². The molecule has 0 spiro atoms. The molecule has 2 rings (SSSR count). The number of halogens is 2. The minimum absolute atomic E-state index is 0.174. The van der Waals surface area contributed by atoms with E-state index in [0.717, 1.165) is 17.0 Å². The quantitative estimate of drug-likeness (QED) is 0.823. The molecule has 8 heteroatoms. The Morgan fingerprint density at radius 1 is 1.04 bits per heavy atom. The summed E-state index contributed by atoms with van der Waals surface area (Å²) in [6.07, 6.45) is 0. The van der Waals surface area contributed by atoms with E-state index < -0.39 is 35.9 Å². The number of rotatable bonds is 6. The minimum atomic E-state index is -0.728.